The van der Waals surface area contributed by atoms with Crippen molar-refractivity contribution in [1.82, 2.24) is 10.2 Å². The zero-order valence-corrected chi connectivity index (χ0v) is 8.44. The summed E-state index contributed by atoms with van der Waals surface area (Å²) in [6.45, 7) is 4.36. The van der Waals surface area contributed by atoms with Crippen molar-refractivity contribution in [2.24, 2.45) is 0 Å². The summed E-state index contributed by atoms with van der Waals surface area (Å²) in [6.07, 6.45) is 2.67. The van der Waals surface area contributed by atoms with Crippen LogP contribution in [-0.2, 0) is 0 Å². The van der Waals surface area contributed by atoms with Crippen LogP contribution in [0.4, 0.5) is 5.69 Å². The van der Waals surface area contributed by atoms with Gasteiger partial charge in [0.25, 0.3) is 0 Å². The Morgan fingerprint density at radius 3 is 2.92 bits per heavy atom. The van der Waals surface area contributed by atoms with Crippen LogP contribution in [0.5, 0.6) is 0 Å². The molecule has 1 N–H and O–H groups in total. The molecule has 0 aliphatic heterocycles. The first-order valence-corrected chi connectivity index (χ1v) is 4.53. The minimum atomic E-state index is 0.325. The van der Waals surface area contributed by atoms with Crippen molar-refractivity contribution >= 4 is 28.9 Å². The summed E-state index contributed by atoms with van der Waals surface area (Å²) >= 11 is 11.4. The molecule has 1 heterocycles. The molecule has 1 aromatic rings. The molecule has 13 heavy (non-hydrogen) atoms. The first-order chi connectivity index (χ1) is 6.24. The monoisotopic (exact) mass is 217 g/mol. The maximum atomic E-state index is 5.75. The van der Waals surface area contributed by atoms with Crippen LogP contribution >= 0.6 is 23.2 Å². The van der Waals surface area contributed by atoms with E-state index in [-0.39, 0.29) is 0 Å². The molecule has 0 radical (unpaired) electrons. The summed E-state index contributed by atoms with van der Waals surface area (Å²) in [7, 11) is 0. The fourth-order valence-corrected chi connectivity index (χ4v) is 1.09. The van der Waals surface area contributed by atoms with Crippen LogP contribution in [0.1, 0.15) is 6.42 Å². The lowest BCUT2D eigenvalue weighted by atomic mass is 10.4. The van der Waals surface area contributed by atoms with Crippen LogP contribution in [0.25, 0.3) is 0 Å². The van der Waals surface area contributed by atoms with Gasteiger partial charge in [0.05, 0.1) is 5.69 Å². The predicted molar refractivity (Wildman–Crippen MR) is 55.4 cm³/mol. The van der Waals surface area contributed by atoms with E-state index in [2.05, 4.69) is 22.1 Å². The van der Waals surface area contributed by atoms with Crippen molar-refractivity contribution in [2.75, 3.05) is 11.9 Å². The summed E-state index contributed by atoms with van der Waals surface area (Å²) in [5.41, 5.74) is 0.698. The molecule has 0 atom stereocenters. The molecule has 0 unspecified atom stereocenters. The van der Waals surface area contributed by atoms with E-state index in [1.807, 2.05) is 6.08 Å². The van der Waals surface area contributed by atoms with Gasteiger partial charge in [-0.3, -0.25) is 0 Å². The van der Waals surface area contributed by atoms with Crippen molar-refractivity contribution in [2.45, 2.75) is 6.42 Å². The Balaban J connectivity index is 2.64. The maximum absolute atomic E-state index is 5.75. The molecule has 1 rings (SSSR count). The second-order valence-electron chi connectivity index (χ2n) is 2.38. The number of nitrogens with zero attached hydrogens (tertiary/aromatic N) is 2. The average molecular weight is 218 g/mol. The van der Waals surface area contributed by atoms with Crippen molar-refractivity contribution in [3.8, 4) is 0 Å². The second kappa shape index (κ2) is 5.04. The molecule has 0 fully saturated rings. The number of aromatic nitrogens is 2. The third-order valence-corrected chi connectivity index (χ3v) is 1.85. The van der Waals surface area contributed by atoms with E-state index in [1.54, 1.807) is 6.07 Å². The van der Waals surface area contributed by atoms with E-state index < -0.39 is 0 Å². The summed E-state index contributed by atoms with van der Waals surface area (Å²) in [5, 5.41) is 11.0. The van der Waals surface area contributed by atoms with E-state index in [0.29, 0.717) is 16.0 Å². The molecule has 0 saturated heterocycles. The molecule has 1 aromatic heterocycles. The topological polar surface area (TPSA) is 37.8 Å². The van der Waals surface area contributed by atoms with E-state index >= 15 is 0 Å². The molecule has 0 amide bonds. The number of anilines is 1. The van der Waals surface area contributed by atoms with Gasteiger partial charge >= 0.3 is 0 Å². The Hall–Kier alpha value is -0.800. The van der Waals surface area contributed by atoms with Crippen molar-refractivity contribution < 1.29 is 0 Å². The Morgan fingerprint density at radius 1 is 1.46 bits per heavy atom. The quantitative estimate of drug-likeness (QED) is 0.623. The SMILES string of the molecule is C=CCCNc1cc(Cl)nnc1Cl. The summed E-state index contributed by atoms with van der Waals surface area (Å²) in [5.74, 6) is 0. The van der Waals surface area contributed by atoms with E-state index in [9.17, 15) is 0 Å². The van der Waals surface area contributed by atoms with Gasteiger partial charge in [0, 0.05) is 12.6 Å². The molecule has 0 aliphatic rings. The van der Waals surface area contributed by atoms with Gasteiger partial charge in [0.1, 0.15) is 0 Å². The van der Waals surface area contributed by atoms with Crippen LogP contribution in [0, 0.1) is 0 Å². The highest BCUT2D eigenvalue weighted by Crippen LogP contribution is 2.20. The smallest absolute Gasteiger partial charge is 0.174 e. The zero-order chi connectivity index (χ0) is 9.68. The molecule has 0 aromatic carbocycles. The largest absolute Gasteiger partial charge is 0.382 e. The molecule has 0 saturated carbocycles. The van der Waals surface area contributed by atoms with Crippen molar-refractivity contribution in [1.29, 1.82) is 0 Å². The van der Waals surface area contributed by atoms with Gasteiger partial charge in [-0.2, -0.15) is 0 Å². The van der Waals surface area contributed by atoms with Crippen LogP contribution in [0.15, 0.2) is 18.7 Å². The number of nitrogens with one attached hydrogen (secondary N) is 1. The molecule has 0 aliphatic carbocycles. The van der Waals surface area contributed by atoms with Crippen LogP contribution in [0.2, 0.25) is 10.3 Å². The number of rotatable bonds is 4. The van der Waals surface area contributed by atoms with E-state index in [0.717, 1.165) is 13.0 Å². The van der Waals surface area contributed by atoms with Crippen LogP contribution < -0.4 is 5.32 Å². The predicted octanol–water partition coefficient (Wildman–Crippen LogP) is 2.77. The minimum Gasteiger partial charge on any atom is -0.382 e. The zero-order valence-electron chi connectivity index (χ0n) is 6.93. The van der Waals surface area contributed by atoms with E-state index in [1.165, 1.54) is 0 Å². The highest BCUT2D eigenvalue weighted by molar-refractivity contribution is 6.33. The molecule has 70 valence electrons. The average Bonchev–Trinajstić information content (AvgIpc) is 2.11. The molecule has 5 heteroatoms. The van der Waals surface area contributed by atoms with Gasteiger partial charge in [-0.25, -0.2) is 0 Å². The Morgan fingerprint density at radius 2 is 2.23 bits per heavy atom. The first-order valence-electron chi connectivity index (χ1n) is 3.77. The van der Waals surface area contributed by atoms with Crippen LogP contribution in [-0.4, -0.2) is 16.7 Å². The summed E-state index contributed by atoms with van der Waals surface area (Å²) in [6, 6.07) is 1.64. The number of halogens is 2. The molecule has 0 bridgehead atoms. The van der Waals surface area contributed by atoms with Gasteiger partial charge in [-0.15, -0.1) is 16.8 Å². The van der Waals surface area contributed by atoms with Crippen molar-refractivity contribution in [3.05, 3.63) is 29.0 Å². The Kier molecular flexibility index (Phi) is 3.99. The van der Waals surface area contributed by atoms with Crippen molar-refractivity contribution in [3.63, 3.8) is 0 Å². The minimum absolute atomic E-state index is 0.325. The normalized spacial score (nSPS) is 9.69. The van der Waals surface area contributed by atoms with E-state index in [4.69, 9.17) is 23.2 Å². The van der Waals surface area contributed by atoms with Gasteiger partial charge in [0.15, 0.2) is 10.3 Å². The van der Waals surface area contributed by atoms with Gasteiger partial charge in [-0.1, -0.05) is 29.3 Å². The van der Waals surface area contributed by atoms with Gasteiger partial charge in [0.2, 0.25) is 0 Å². The summed E-state index contributed by atoms with van der Waals surface area (Å²) in [4.78, 5) is 0. The molecule has 3 nitrogen and oxygen atoms in total. The van der Waals surface area contributed by atoms with Gasteiger partial charge < -0.3 is 5.32 Å². The first kappa shape index (κ1) is 10.3. The third kappa shape index (κ3) is 3.20. The Bertz CT molecular complexity index is 301. The highest BCUT2D eigenvalue weighted by atomic mass is 35.5. The van der Waals surface area contributed by atoms with Crippen LogP contribution in [0.3, 0.4) is 0 Å². The number of hydrogen-bond donors (Lipinski definition) is 1. The fraction of sp³-hybridized carbons (Fsp3) is 0.250. The lowest BCUT2D eigenvalue weighted by Crippen LogP contribution is -2.02. The lowest BCUT2D eigenvalue weighted by molar-refractivity contribution is 1.01. The lowest BCUT2D eigenvalue weighted by Gasteiger charge is -2.05. The standard InChI is InChI=1S/C8H9Cl2N3/c1-2-3-4-11-6-5-7(9)12-13-8(6)10/h2,5H,1,3-4H2,(H,11,12). The molecular formula is C8H9Cl2N3. The molecular weight excluding hydrogens is 209 g/mol. The fourth-order valence-electron chi connectivity index (χ4n) is 0.786. The number of hydrogen-bond acceptors (Lipinski definition) is 3. The Labute approximate surface area is 86.8 Å². The maximum Gasteiger partial charge on any atom is 0.174 e. The second-order valence-corrected chi connectivity index (χ2v) is 3.12. The van der Waals surface area contributed by atoms with Gasteiger partial charge in [-0.05, 0) is 6.42 Å². The highest BCUT2D eigenvalue weighted by Gasteiger charge is 2.01. The summed E-state index contributed by atoms with van der Waals surface area (Å²) < 4.78 is 0. The molecule has 0 spiro atoms. The third-order valence-electron chi connectivity index (χ3n) is 1.38.